The maximum absolute atomic E-state index is 6.29. The van der Waals surface area contributed by atoms with Crippen molar-refractivity contribution in [2.75, 3.05) is 6.61 Å². The Morgan fingerprint density at radius 2 is 1.92 bits per heavy atom. The van der Waals surface area contributed by atoms with Crippen molar-refractivity contribution in [3.63, 3.8) is 0 Å². The zero-order valence-corrected chi connectivity index (χ0v) is 15.0. The molecule has 1 heterocycles. The van der Waals surface area contributed by atoms with E-state index in [2.05, 4.69) is 22.4 Å². The average Bonchev–Trinajstić information content (AvgIpc) is 3.04. The standard InChI is InChI=1S/C17H17ClN4OS/c1-3-23-16-11-7-6-10-15(16)22-17(19-20-21-22)24-12(2)13-8-4-5-9-14(13)18/h4-12H,3H2,1-2H3/t12-/m1/s1. The molecule has 24 heavy (non-hydrogen) atoms. The number of hydrogen-bond donors (Lipinski definition) is 0. The summed E-state index contributed by atoms with van der Waals surface area (Å²) in [6.07, 6.45) is 0. The molecule has 0 radical (unpaired) electrons. The molecule has 0 saturated carbocycles. The normalized spacial score (nSPS) is 12.1. The summed E-state index contributed by atoms with van der Waals surface area (Å²) in [5, 5.41) is 13.6. The van der Waals surface area contributed by atoms with Crippen molar-refractivity contribution in [3.05, 3.63) is 59.1 Å². The fourth-order valence-electron chi connectivity index (χ4n) is 2.34. The van der Waals surface area contributed by atoms with E-state index in [1.54, 1.807) is 16.4 Å². The van der Waals surface area contributed by atoms with Gasteiger partial charge in [-0.3, -0.25) is 0 Å². The van der Waals surface area contributed by atoms with Gasteiger partial charge >= 0.3 is 0 Å². The molecule has 3 aromatic rings. The molecule has 0 bridgehead atoms. The van der Waals surface area contributed by atoms with E-state index in [-0.39, 0.29) is 5.25 Å². The molecule has 7 heteroatoms. The third-order valence-electron chi connectivity index (χ3n) is 3.46. The summed E-state index contributed by atoms with van der Waals surface area (Å²) >= 11 is 7.84. The second-order valence-corrected chi connectivity index (χ2v) is 6.77. The van der Waals surface area contributed by atoms with Gasteiger partial charge in [-0.2, -0.15) is 4.68 Å². The fraction of sp³-hybridized carbons (Fsp3) is 0.235. The number of ether oxygens (including phenoxy) is 1. The Hall–Kier alpha value is -2.05. The summed E-state index contributed by atoms with van der Waals surface area (Å²) in [7, 11) is 0. The quantitative estimate of drug-likeness (QED) is 0.603. The zero-order chi connectivity index (χ0) is 16.9. The van der Waals surface area contributed by atoms with Gasteiger partial charge in [0.1, 0.15) is 11.4 Å². The third-order valence-corrected chi connectivity index (χ3v) is 4.88. The van der Waals surface area contributed by atoms with Crippen LogP contribution in [0.15, 0.2) is 53.7 Å². The molecule has 0 spiro atoms. The molecule has 5 nitrogen and oxygen atoms in total. The summed E-state index contributed by atoms with van der Waals surface area (Å²) in [5.41, 5.74) is 1.87. The highest BCUT2D eigenvalue weighted by atomic mass is 35.5. The predicted molar refractivity (Wildman–Crippen MR) is 96.0 cm³/mol. The highest BCUT2D eigenvalue weighted by molar-refractivity contribution is 7.99. The van der Waals surface area contributed by atoms with Gasteiger partial charge in [-0.15, -0.1) is 5.10 Å². The van der Waals surface area contributed by atoms with E-state index in [0.717, 1.165) is 22.0 Å². The number of para-hydroxylation sites is 2. The van der Waals surface area contributed by atoms with Gasteiger partial charge in [0.25, 0.3) is 0 Å². The lowest BCUT2D eigenvalue weighted by Gasteiger charge is -2.14. The first-order valence-corrected chi connectivity index (χ1v) is 8.88. The molecule has 2 aromatic carbocycles. The molecule has 0 saturated heterocycles. The third kappa shape index (κ3) is 3.55. The van der Waals surface area contributed by atoms with Gasteiger partial charge < -0.3 is 4.74 Å². The van der Waals surface area contributed by atoms with Crippen LogP contribution in [0.3, 0.4) is 0 Å². The summed E-state index contributed by atoms with van der Waals surface area (Å²) in [5.74, 6) is 0.750. The summed E-state index contributed by atoms with van der Waals surface area (Å²) in [4.78, 5) is 0. The number of tetrazole rings is 1. The van der Waals surface area contributed by atoms with Crippen molar-refractivity contribution in [1.29, 1.82) is 0 Å². The van der Waals surface area contributed by atoms with E-state index in [1.807, 2.05) is 55.5 Å². The Balaban J connectivity index is 1.90. The Morgan fingerprint density at radius 3 is 2.71 bits per heavy atom. The highest BCUT2D eigenvalue weighted by Crippen LogP contribution is 2.38. The molecular weight excluding hydrogens is 344 g/mol. The van der Waals surface area contributed by atoms with E-state index in [0.29, 0.717) is 11.8 Å². The van der Waals surface area contributed by atoms with Crippen molar-refractivity contribution in [2.24, 2.45) is 0 Å². The average molecular weight is 361 g/mol. The first-order chi connectivity index (χ1) is 11.7. The van der Waals surface area contributed by atoms with Crippen LogP contribution in [-0.2, 0) is 0 Å². The van der Waals surface area contributed by atoms with E-state index < -0.39 is 0 Å². The maximum atomic E-state index is 6.29. The molecule has 3 rings (SSSR count). The first-order valence-electron chi connectivity index (χ1n) is 7.62. The minimum atomic E-state index is 0.114. The van der Waals surface area contributed by atoms with Crippen LogP contribution in [0.4, 0.5) is 0 Å². The van der Waals surface area contributed by atoms with Crippen LogP contribution in [0.2, 0.25) is 5.02 Å². The van der Waals surface area contributed by atoms with Gasteiger partial charge in [-0.25, -0.2) is 0 Å². The number of aromatic nitrogens is 4. The largest absolute Gasteiger partial charge is 0.492 e. The Bertz CT molecular complexity index is 824. The highest BCUT2D eigenvalue weighted by Gasteiger charge is 2.18. The maximum Gasteiger partial charge on any atom is 0.214 e. The van der Waals surface area contributed by atoms with Gasteiger partial charge in [0, 0.05) is 10.3 Å². The van der Waals surface area contributed by atoms with Crippen LogP contribution in [0, 0.1) is 0 Å². The second-order valence-electron chi connectivity index (χ2n) is 5.06. The monoisotopic (exact) mass is 360 g/mol. The van der Waals surface area contributed by atoms with Gasteiger partial charge in [-0.1, -0.05) is 53.7 Å². The van der Waals surface area contributed by atoms with Gasteiger partial charge in [0.15, 0.2) is 0 Å². The lowest BCUT2D eigenvalue weighted by Crippen LogP contribution is -2.04. The molecule has 124 valence electrons. The van der Waals surface area contributed by atoms with Crippen LogP contribution >= 0.6 is 23.4 Å². The van der Waals surface area contributed by atoms with Crippen molar-refractivity contribution >= 4 is 23.4 Å². The molecular formula is C17H17ClN4OS. The Kier molecular flexibility index (Phi) is 5.37. The lowest BCUT2D eigenvalue weighted by molar-refractivity contribution is 0.337. The molecule has 0 N–H and O–H groups in total. The van der Waals surface area contributed by atoms with Crippen molar-refractivity contribution in [1.82, 2.24) is 20.2 Å². The van der Waals surface area contributed by atoms with Crippen LogP contribution in [0.25, 0.3) is 5.69 Å². The lowest BCUT2D eigenvalue weighted by atomic mass is 10.2. The molecule has 0 unspecified atom stereocenters. The topological polar surface area (TPSA) is 52.8 Å². The van der Waals surface area contributed by atoms with Gasteiger partial charge in [0.05, 0.1) is 6.61 Å². The minimum absolute atomic E-state index is 0.114. The van der Waals surface area contributed by atoms with Crippen molar-refractivity contribution in [2.45, 2.75) is 24.3 Å². The fourth-order valence-corrected chi connectivity index (χ4v) is 3.67. The second kappa shape index (κ2) is 7.68. The summed E-state index contributed by atoms with van der Waals surface area (Å²) < 4.78 is 7.38. The summed E-state index contributed by atoms with van der Waals surface area (Å²) in [6.45, 7) is 4.61. The van der Waals surface area contributed by atoms with E-state index in [4.69, 9.17) is 16.3 Å². The molecule has 1 aromatic heterocycles. The van der Waals surface area contributed by atoms with Crippen molar-refractivity contribution < 1.29 is 4.74 Å². The van der Waals surface area contributed by atoms with Crippen molar-refractivity contribution in [3.8, 4) is 11.4 Å². The SMILES string of the molecule is CCOc1ccccc1-n1nnnc1S[C@H](C)c1ccccc1Cl. The Morgan fingerprint density at radius 1 is 1.17 bits per heavy atom. The van der Waals surface area contributed by atoms with Crippen LogP contribution in [-0.4, -0.2) is 26.8 Å². The minimum Gasteiger partial charge on any atom is -0.492 e. The number of thioether (sulfide) groups is 1. The predicted octanol–water partition coefficient (Wildman–Crippen LogP) is 4.57. The molecule has 1 atom stereocenters. The van der Waals surface area contributed by atoms with Gasteiger partial charge in [0.2, 0.25) is 5.16 Å². The zero-order valence-electron chi connectivity index (χ0n) is 13.4. The number of benzene rings is 2. The molecule has 0 aliphatic heterocycles. The number of halogens is 1. The smallest absolute Gasteiger partial charge is 0.214 e. The first kappa shape index (κ1) is 16.8. The van der Waals surface area contributed by atoms with Crippen LogP contribution in [0.5, 0.6) is 5.75 Å². The molecule has 0 aliphatic carbocycles. The summed E-state index contributed by atoms with van der Waals surface area (Å²) in [6, 6.07) is 15.5. The van der Waals surface area contributed by atoms with E-state index in [1.165, 1.54) is 0 Å². The van der Waals surface area contributed by atoms with E-state index in [9.17, 15) is 0 Å². The Labute approximate surface area is 150 Å². The van der Waals surface area contributed by atoms with Gasteiger partial charge in [-0.05, 0) is 48.0 Å². The molecule has 0 amide bonds. The molecule has 0 fully saturated rings. The number of rotatable bonds is 6. The van der Waals surface area contributed by atoms with Crippen LogP contribution < -0.4 is 4.74 Å². The number of hydrogen-bond acceptors (Lipinski definition) is 5. The molecule has 0 aliphatic rings. The van der Waals surface area contributed by atoms with Crippen LogP contribution in [0.1, 0.15) is 24.7 Å². The van der Waals surface area contributed by atoms with E-state index >= 15 is 0 Å². The number of nitrogens with zero attached hydrogens (tertiary/aromatic N) is 4.